The van der Waals surface area contributed by atoms with Crippen LogP contribution in [0, 0.1) is 0 Å². The van der Waals surface area contributed by atoms with Crippen molar-refractivity contribution >= 4 is 10.9 Å². The molecule has 0 saturated carbocycles. The van der Waals surface area contributed by atoms with Gasteiger partial charge in [-0.05, 0) is 17.2 Å². The normalized spacial score (nSPS) is 14.3. The number of aromatic amines is 1. The average Bonchev–Trinajstić information content (AvgIpc) is 2.78. The van der Waals surface area contributed by atoms with Gasteiger partial charge in [0.2, 0.25) is 0 Å². The number of rotatable bonds is 1. The Labute approximate surface area is 91.5 Å². The minimum Gasteiger partial charge on any atom is -0.392 e. The van der Waals surface area contributed by atoms with Crippen LogP contribution in [0.4, 0.5) is 0 Å². The van der Waals surface area contributed by atoms with Gasteiger partial charge in [0.15, 0.2) is 0 Å². The van der Waals surface area contributed by atoms with E-state index in [0.717, 1.165) is 27.6 Å². The third-order valence-electron chi connectivity index (χ3n) is 2.97. The van der Waals surface area contributed by atoms with Crippen molar-refractivity contribution in [3.05, 3.63) is 45.2 Å². The molecule has 2 heterocycles. The zero-order valence-corrected chi connectivity index (χ0v) is 8.62. The second kappa shape index (κ2) is 3.43. The summed E-state index contributed by atoms with van der Waals surface area (Å²) in [6.07, 6.45) is 0. The summed E-state index contributed by atoms with van der Waals surface area (Å²) in [7, 11) is 0. The number of H-pyrrole nitrogens is 1. The lowest BCUT2D eigenvalue weighted by Crippen LogP contribution is -2.12. The highest BCUT2D eigenvalue weighted by atomic mass is 16.5. The average molecular weight is 217 g/mol. The Hall–Kier alpha value is -1.65. The molecule has 4 nitrogen and oxygen atoms in total. The summed E-state index contributed by atoms with van der Waals surface area (Å²) >= 11 is 0. The molecule has 16 heavy (non-hydrogen) atoms. The lowest BCUT2D eigenvalue weighted by Gasteiger charge is -2.05. The molecule has 0 unspecified atom stereocenters. The van der Waals surface area contributed by atoms with E-state index in [1.54, 1.807) is 6.07 Å². The molecule has 4 heteroatoms. The molecule has 0 aliphatic carbocycles. The number of benzene rings is 1. The van der Waals surface area contributed by atoms with Crippen LogP contribution in [0.5, 0.6) is 0 Å². The Kier molecular flexibility index (Phi) is 2.05. The molecule has 0 bridgehead atoms. The fourth-order valence-electron chi connectivity index (χ4n) is 2.13. The molecule has 0 amide bonds. The summed E-state index contributed by atoms with van der Waals surface area (Å²) in [4.78, 5) is 14.5. The molecule has 0 spiro atoms. The van der Waals surface area contributed by atoms with Gasteiger partial charge >= 0.3 is 0 Å². The smallest absolute Gasteiger partial charge is 0.254 e. The van der Waals surface area contributed by atoms with E-state index in [-0.39, 0.29) is 12.2 Å². The van der Waals surface area contributed by atoms with Gasteiger partial charge in [-0.1, -0.05) is 12.1 Å². The number of hydrogen-bond acceptors (Lipinski definition) is 3. The lowest BCUT2D eigenvalue weighted by atomic mass is 10.0. The zero-order valence-electron chi connectivity index (χ0n) is 8.62. The topological polar surface area (TPSA) is 62.3 Å². The van der Waals surface area contributed by atoms with Gasteiger partial charge in [0.25, 0.3) is 5.56 Å². The number of nitrogens with one attached hydrogen (secondary N) is 1. The van der Waals surface area contributed by atoms with Crippen LogP contribution >= 0.6 is 0 Å². The van der Waals surface area contributed by atoms with Crippen molar-refractivity contribution in [3.8, 4) is 0 Å². The minimum atomic E-state index is -0.0879. The highest BCUT2D eigenvalue weighted by Crippen LogP contribution is 2.25. The third-order valence-corrected chi connectivity index (χ3v) is 2.97. The van der Waals surface area contributed by atoms with Crippen LogP contribution in [-0.4, -0.2) is 10.1 Å². The van der Waals surface area contributed by atoms with E-state index in [1.807, 2.05) is 12.1 Å². The van der Waals surface area contributed by atoms with Crippen molar-refractivity contribution < 1.29 is 9.84 Å². The second-order valence-electron chi connectivity index (χ2n) is 3.94. The van der Waals surface area contributed by atoms with Crippen LogP contribution in [0.15, 0.2) is 23.0 Å². The molecule has 82 valence electrons. The van der Waals surface area contributed by atoms with Crippen LogP contribution < -0.4 is 5.56 Å². The molecule has 0 radical (unpaired) electrons. The molecular weight excluding hydrogens is 206 g/mol. The second-order valence-corrected chi connectivity index (χ2v) is 3.94. The highest BCUT2D eigenvalue weighted by Gasteiger charge is 2.18. The first-order valence-electron chi connectivity index (χ1n) is 5.15. The molecule has 1 aromatic carbocycles. The Balaban J connectivity index is 2.38. The Morgan fingerprint density at radius 2 is 2.12 bits per heavy atom. The molecular formula is C12H11NO3. The number of aliphatic hydroxyl groups is 1. The quantitative estimate of drug-likeness (QED) is 0.750. The first-order valence-corrected chi connectivity index (χ1v) is 5.15. The number of hydrogen-bond donors (Lipinski definition) is 2. The fourth-order valence-corrected chi connectivity index (χ4v) is 2.13. The molecule has 1 aromatic heterocycles. The summed E-state index contributed by atoms with van der Waals surface area (Å²) < 4.78 is 5.29. The Bertz CT molecular complexity index is 615. The molecule has 2 aromatic rings. The maximum Gasteiger partial charge on any atom is 0.254 e. The summed E-state index contributed by atoms with van der Waals surface area (Å²) in [5.74, 6) is 0. The van der Waals surface area contributed by atoms with Gasteiger partial charge in [0, 0.05) is 16.5 Å². The predicted molar refractivity (Wildman–Crippen MR) is 59.0 cm³/mol. The maximum atomic E-state index is 11.7. The zero-order chi connectivity index (χ0) is 11.1. The third kappa shape index (κ3) is 1.27. The molecule has 0 atom stereocenters. The summed E-state index contributed by atoms with van der Waals surface area (Å²) in [6.45, 7) is 0.863. The molecule has 1 aliphatic heterocycles. The maximum absolute atomic E-state index is 11.7. The van der Waals surface area contributed by atoms with Crippen molar-refractivity contribution in [1.29, 1.82) is 0 Å². The van der Waals surface area contributed by atoms with Gasteiger partial charge in [-0.15, -0.1) is 0 Å². The van der Waals surface area contributed by atoms with E-state index in [1.165, 1.54) is 0 Å². The van der Waals surface area contributed by atoms with Gasteiger partial charge in [-0.3, -0.25) is 4.79 Å². The lowest BCUT2D eigenvalue weighted by molar-refractivity contribution is 0.134. The van der Waals surface area contributed by atoms with E-state index in [4.69, 9.17) is 9.84 Å². The SMILES string of the molecule is O=c1[nH]c2cc(CO)ccc2c2c1COC2. The van der Waals surface area contributed by atoms with Crippen molar-refractivity contribution in [1.82, 2.24) is 4.98 Å². The number of ether oxygens (including phenoxy) is 1. The Morgan fingerprint density at radius 1 is 1.31 bits per heavy atom. The van der Waals surface area contributed by atoms with Crippen LogP contribution in [0.1, 0.15) is 16.7 Å². The van der Waals surface area contributed by atoms with Crippen LogP contribution in [0.2, 0.25) is 0 Å². The summed E-state index contributed by atoms with van der Waals surface area (Å²) in [6, 6.07) is 5.58. The number of pyridine rings is 1. The molecule has 0 fully saturated rings. The van der Waals surface area contributed by atoms with E-state index < -0.39 is 0 Å². The van der Waals surface area contributed by atoms with Gasteiger partial charge in [0.1, 0.15) is 0 Å². The van der Waals surface area contributed by atoms with Crippen LogP contribution in [0.25, 0.3) is 10.9 Å². The minimum absolute atomic E-state index is 0.0223. The first kappa shape index (κ1) is 9.57. The van der Waals surface area contributed by atoms with Gasteiger partial charge in [-0.2, -0.15) is 0 Å². The summed E-state index contributed by atoms with van der Waals surface area (Å²) in [5, 5.41) is 10.0. The largest absolute Gasteiger partial charge is 0.392 e. The van der Waals surface area contributed by atoms with E-state index in [0.29, 0.717) is 13.2 Å². The van der Waals surface area contributed by atoms with Gasteiger partial charge < -0.3 is 14.8 Å². The number of fused-ring (bicyclic) bond motifs is 3. The summed E-state index contributed by atoms with van der Waals surface area (Å²) in [5.41, 5.74) is 3.17. The van der Waals surface area contributed by atoms with Crippen molar-refractivity contribution in [2.75, 3.05) is 0 Å². The standard InChI is InChI=1S/C12H11NO3/c14-4-7-1-2-8-9-5-16-6-10(9)12(15)13-11(8)3-7/h1-3,14H,4-6H2,(H,13,15). The number of aliphatic hydroxyl groups excluding tert-OH is 1. The number of aromatic nitrogens is 1. The molecule has 0 saturated heterocycles. The van der Waals surface area contributed by atoms with E-state index in [9.17, 15) is 4.79 Å². The van der Waals surface area contributed by atoms with E-state index in [2.05, 4.69) is 4.98 Å². The monoisotopic (exact) mass is 217 g/mol. The van der Waals surface area contributed by atoms with Crippen molar-refractivity contribution in [2.45, 2.75) is 19.8 Å². The van der Waals surface area contributed by atoms with Crippen LogP contribution in [-0.2, 0) is 24.6 Å². The van der Waals surface area contributed by atoms with Crippen molar-refractivity contribution in [2.24, 2.45) is 0 Å². The van der Waals surface area contributed by atoms with Gasteiger partial charge in [0.05, 0.1) is 19.8 Å². The van der Waals surface area contributed by atoms with Gasteiger partial charge in [-0.25, -0.2) is 0 Å². The molecule has 2 N–H and O–H groups in total. The van der Waals surface area contributed by atoms with E-state index >= 15 is 0 Å². The molecule has 1 aliphatic rings. The van der Waals surface area contributed by atoms with Crippen LogP contribution in [0.3, 0.4) is 0 Å². The first-order chi connectivity index (χ1) is 7.79. The molecule has 3 rings (SSSR count). The van der Waals surface area contributed by atoms with Crippen molar-refractivity contribution in [3.63, 3.8) is 0 Å². The highest BCUT2D eigenvalue weighted by molar-refractivity contribution is 5.83. The Morgan fingerprint density at radius 3 is 2.94 bits per heavy atom. The fraction of sp³-hybridized carbons (Fsp3) is 0.250. The predicted octanol–water partition coefficient (Wildman–Crippen LogP) is 1.05.